The zero-order valence-electron chi connectivity index (χ0n) is 14.8. The van der Waals surface area contributed by atoms with Gasteiger partial charge in [0.25, 0.3) is 5.91 Å². The molecule has 0 radical (unpaired) electrons. The molecule has 132 valence electrons. The smallest absolute Gasteiger partial charge is 0.254 e. The van der Waals surface area contributed by atoms with Gasteiger partial charge in [-0.1, -0.05) is 0 Å². The van der Waals surface area contributed by atoms with Crippen LogP contribution in [0.2, 0.25) is 0 Å². The van der Waals surface area contributed by atoms with Crippen molar-refractivity contribution in [2.75, 3.05) is 39.5 Å². The lowest BCUT2D eigenvalue weighted by molar-refractivity contribution is -0.917. The summed E-state index contributed by atoms with van der Waals surface area (Å²) in [6.07, 6.45) is 2.04. The van der Waals surface area contributed by atoms with Crippen molar-refractivity contribution in [1.82, 2.24) is 4.90 Å². The molecule has 1 fully saturated rings. The summed E-state index contributed by atoms with van der Waals surface area (Å²) in [7, 11) is 1.69. The maximum absolute atomic E-state index is 12.6. The van der Waals surface area contributed by atoms with E-state index in [9.17, 15) is 4.79 Å². The summed E-state index contributed by atoms with van der Waals surface area (Å²) in [5.74, 6) is 1.04. The van der Waals surface area contributed by atoms with Gasteiger partial charge >= 0.3 is 0 Å². The highest BCUT2D eigenvalue weighted by atomic mass is 32.2. The highest BCUT2D eigenvalue weighted by Crippen LogP contribution is 2.16. The molecule has 3 rings (SSSR count). The number of hydrogen-bond donors (Lipinski definition) is 1. The van der Waals surface area contributed by atoms with Crippen LogP contribution in [0.1, 0.15) is 15.9 Å². The summed E-state index contributed by atoms with van der Waals surface area (Å²) in [4.78, 5) is 17.3. The summed E-state index contributed by atoms with van der Waals surface area (Å²) >= 11 is 1.69. The van der Waals surface area contributed by atoms with Gasteiger partial charge in [0.2, 0.25) is 0 Å². The van der Waals surface area contributed by atoms with Crippen molar-refractivity contribution in [3.05, 3.63) is 59.7 Å². The molecule has 4 nitrogen and oxygen atoms in total. The molecular formula is C20H25N2O2S+. The van der Waals surface area contributed by atoms with Crippen LogP contribution in [-0.4, -0.2) is 50.4 Å². The van der Waals surface area contributed by atoms with Gasteiger partial charge in [0.1, 0.15) is 12.3 Å². The lowest BCUT2D eigenvalue weighted by Crippen LogP contribution is -3.13. The van der Waals surface area contributed by atoms with Crippen LogP contribution >= 0.6 is 11.8 Å². The van der Waals surface area contributed by atoms with Crippen LogP contribution in [0.15, 0.2) is 53.4 Å². The average molecular weight is 357 g/mol. The molecule has 1 saturated heterocycles. The number of hydrogen-bond acceptors (Lipinski definition) is 3. The molecule has 0 unspecified atom stereocenters. The molecule has 0 bridgehead atoms. The SMILES string of the molecule is COc1ccc(C[NH+]2CCN(C(=O)c3ccc(SC)cc3)CC2)cc1. The van der Waals surface area contributed by atoms with Gasteiger partial charge < -0.3 is 14.5 Å². The number of nitrogens with zero attached hydrogens (tertiary/aromatic N) is 1. The van der Waals surface area contributed by atoms with Crippen LogP contribution in [0.25, 0.3) is 0 Å². The zero-order valence-corrected chi connectivity index (χ0v) is 15.6. The Morgan fingerprint density at radius 2 is 1.72 bits per heavy atom. The van der Waals surface area contributed by atoms with Crippen molar-refractivity contribution in [3.63, 3.8) is 0 Å². The van der Waals surface area contributed by atoms with Gasteiger partial charge in [0.15, 0.2) is 0 Å². The summed E-state index contributed by atoms with van der Waals surface area (Å²) < 4.78 is 5.20. The first-order valence-electron chi connectivity index (χ1n) is 8.59. The second kappa shape index (κ2) is 8.41. The number of rotatable bonds is 5. The van der Waals surface area contributed by atoms with Crippen LogP contribution < -0.4 is 9.64 Å². The van der Waals surface area contributed by atoms with Gasteiger partial charge in [-0.25, -0.2) is 0 Å². The Morgan fingerprint density at radius 1 is 1.08 bits per heavy atom. The second-order valence-corrected chi connectivity index (χ2v) is 7.18. The Balaban J connectivity index is 1.52. The topological polar surface area (TPSA) is 34.0 Å². The fourth-order valence-electron chi connectivity index (χ4n) is 3.15. The first-order valence-corrected chi connectivity index (χ1v) is 9.82. The first kappa shape index (κ1) is 17.8. The van der Waals surface area contributed by atoms with E-state index in [4.69, 9.17) is 4.74 Å². The van der Waals surface area contributed by atoms with E-state index in [2.05, 4.69) is 12.1 Å². The fraction of sp³-hybridized carbons (Fsp3) is 0.350. The molecular weight excluding hydrogens is 332 g/mol. The number of nitrogens with one attached hydrogen (secondary N) is 1. The largest absolute Gasteiger partial charge is 0.497 e. The molecule has 1 aliphatic rings. The fourth-order valence-corrected chi connectivity index (χ4v) is 3.56. The van der Waals surface area contributed by atoms with E-state index < -0.39 is 0 Å². The minimum absolute atomic E-state index is 0.149. The quantitative estimate of drug-likeness (QED) is 0.831. The number of benzene rings is 2. The summed E-state index contributed by atoms with van der Waals surface area (Å²) in [6.45, 7) is 4.60. The maximum Gasteiger partial charge on any atom is 0.254 e. The molecule has 0 spiro atoms. The van der Waals surface area contributed by atoms with Crippen LogP contribution in [-0.2, 0) is 6.54 Å². The number of quaternary nitrogens is 1. The van der Waals surface area contributed by atoms with Gasteiger partial charge in [-0.3, -0.25) is 4.79 Å². The number of methoxy groups -OCH3 is 1. The van der Waals surface area contributed by atoms with Crippen molar-refractivity contribution in [1.29, 1.82) is 0 Å². The Morgan fingerprint density at radius 3 is 2.28 bits per heavy atom. The van der Waals surface area contributed by atoms with E-state index in [-0.39, 0.29) is 5.91 Å². The maximum atomic E-state index is 12.6. The van der Waals surface area contributed by atoms with Crippen LogP contribution in [0, 0.1) is 0 Å². The third kappa shape index (κ3) is 4.55. The van der Waals surface area contributed by atoms with E-state index in [1.165, 1.54) is 15.4 Å². The first-order chi connectivity index (χ1) is 12.2. The Bertz CT molecular complexity index is 693. The number of amides is 1. The molecule has 0 aromatic heterocycles. The molecule has 1 aliphatic heterocycles. The predicted octanol–water partition coefficient (Wildman–Crippen LogP) is 1.96. The lowest BCUT2D eigenvalue weighted by atomic mass is 10.1. The van der Waals surface area contributed by atoms with Crippen molar-refractivity contribution in [3.8, 4) is 5.75 Å². The van der Waals surface area contributed by atoms with Gasteiger partial charge in [0.05, 0.1) is 33.3 Å². The number of thioether (sulfide) groups is 1. The standard InChI is InChI=1S/C20H24N2O2S/c1-24-18-7-3-16(4-8-18)15-21-11-13-22(14-12-21)20(23)17-5-9-19(25-2)10-6-17/h3-10H,11-15H2,1-2H3/p+1. The Hall–Kier alpha value is -1.98. The van der Waals surface area contributed by atoms with Crippen LogP contribution in [0.3, 0.4) is 0 Å². The minimum atomic E-state index is 0.149. The number of piperazine rings is 1. The molecule has 0 saturated carbocycles. The monoisotopic (exact) mass is 357 g/mol. The van der Waals surface area contributed by atoms with E-state index in [1.807, 2.05) is 47.6 Å². The third-order valence-corrected chi connectivity index (χ3v) is 5.45. The minimum Gasteiger partial charge on any atom is -0.497 e. The van der Waals surface area contributed by atoms with Crippen molar-refractivity contribution >= 4 is 17.7 Å². The Kier molecular flexibility index (Phi) is 6.00. The van der Waals surface area contributed by atoms with Crippen molar-refractivity contribution in [2.24, 2.45) is 0 Å². The highest BCUT2D eigenvalue weighted by molar-refractivity contribution is 7.98. The number of carbonyl (C=O) groups is 1. The van der Waals surface area contributed by atoms with E-state index >= 15 is 0 Å². The van der Waals surface area contributed by atoms with Crippen molar-refractivity contribution in [2.45, 2.75) is 11.4 Å². The molecule has 0 atom stereocenters. The van der Waals surface area contributed by atoms with Crippen LogP contribution in [0.5, 0.6) is 5.75 Å². The van der Waals surface area contributed by atoms with Gasteiger partial charge in [-0.05, 0) is 54.8 Å². The highest BCUT2D eigenvalue weighted by Gasteiger charge is 2.24. The molecule has 25 heavy (non-hydrogen) atoms. The average Bonchev–Trinajstić information content (AvgIpc) is 2.69. The van der Waals surface area contributed by atoms with Gasteiger partial charge in [0, 0.05) is 16.0 Å². The van der Waals surface area contributed by atoms with Crippen LogP contribution in [0.4, 0.5) is 0 Å². The summed E-state index contributed by atoms with van der Waals surface area (Å²) in [5.41, 5.74) is 2.10. The van der Waals surface area contributed by atoms with E-state index in [0.717, 1.165) is 44.0 Å². The second-order valence-electron chi connectivity index (χ2n) is 6.30. The normalized spacial score (nSPS) is 15.2. The number of carbonyl (C=O) groups excluding carboxylic acids is 1. The van der Waals surface area contributed by atoms with Gasteiger partial charge in [-0.15, -0.1) is 11.8 Å². The van der Waals surface area contributed by atoms with E-state index in [1.54, 1.807) is 18.9 Å². The zero-order chi connectivity index (χ0) is 17.6. The van der Waals surface area contributed by atoms with E-state index in [0.29, 0.717) is 0 Å². The summed E-state index contributed by atoms with van der Waals surface area (Å²) in [5, 5.41) is 0. The number of ether oxygens (including phenoxy) is 1. The van der Waals surface area contributed by atoms with Crippen molar-refractivity contribution < 1.29 is 14.4 Å². The Labute approximate surface area is 153 Å². The molecule has 1 amide bonds. The third-order valence-electron chi connectivity index (χ3n) is 4.71. The molecule has 1 N–H and O–H groups in total. The predicted molar refractivity (Wildman–Crippen MR) is 102 cm³/mol. The van der Waals surface area contributed by atoms with Gasteiger partial charge in [-0.2, -0.15) is 0 Å². The lowest BCUT2D eigenvalue weighted by Gasteiger charge is -2.32. The summed E-state index contributed by atoms with van der Waals surface area (Å²) in [6, 6.07) is 16.2. The molecule has 1 heterocycles. The molecule has 0 aliphatic carbocycles. The molecule has 2 aromatic rings. The molecule has 5 heteroatoms. The molecule has 2 aromatic carbocycles.